The van der Waals surface area contributed by atoms with Gasteiger partial charge in [-0.2, -0.15) is 0 Å². The second kappa shape index (κ2) is 9.09. The number of aromatic nitrogens is 2. The van der Waals surface area contributed by atoms with Gasteiger partial charge >= 0.3 is 0 Å². The molecule has 0 radical (unpaired) electrons. The summed E-state index contributed by atoms with van der Waals surface area (Å²) in [7, 11) is 0. The average molecular weight is 438 g/mol. The molecule has 0 atom stereocenters. The molecule has 9 heteroatoms. The van der Waals surface area contributed by atoms with Crippen LogP contribution in [0.25, 0.3) is 11.3 Å². The first-order valence-electron chi connectivity index (χ1n) is 9.90. The highest BCUT2D eigenvalue weighted by Gasteiger charge is 2.26. The van der Waals surface area contributed by atoms with E-state index in [4.69, 9.17) is 11.6 Å². The Labute approximate surface area is 184 Å². The maximum absolute atomic E-state index is 12.6. The molecule has 31 heavy (non-hydrogen) atoms. The molecule has 158 valence electrons. The number of nitro benzene ring substituents is 1. The first-order chi connectivity index (χ1) is 15.0. The molecule has 3 aromatic rings. The fourth-order valence-electron chi connectivity index (χ4n) is 3.60. The molecule has 1 N–H and O–H groups in total. The Morgan fingerprint density at radius 3 is 2.45 bits per heavy atom. The first-order valence-corrected chi connectivity index (χ1v) is 10.3. The molecule has 2 aromatic carbocycles. The topological polar surface area (TPSA) is 101 Å². The van der Waals surface area contributed by atoms with Crippen LogP contribution in [0.2, 0.25) is 5.02 Å². The van der Waals surface area contributed by atoms with Gasteiger partial charge in [0.15, 0.2) is 5.82 Å². The number of amides is 1. The Morgan fingerprint density at radius 2 is 1.81 bits per heavy atom. The van der Waals surface area contributed by atoms with Crippen LogP contribution < -0.4 is 10.2 Å². The molecular formula is C22H20ClN5O3. The van der Waals surface area contributed by atoms with E-state index in [1.807, 2.05) is 42.5 Å². The summed E-state index contributed by atoms with van der Waals surface area (Å²) in [5.41, 5.74) is 1.97. The SMILES string of the molecule is O=C(Nc1ccc(Cl)c([N+](=O)[O-])c1)C1CCN(c2ccc(-c3ccccc3)nn2)CC1. The van der Waals surface area contributed by atoms with E-state index in [1.165, 1.54) is 12.1 Å². The Kier molecular flexibility index (Phi) is 6.08. The molecule has 4 rings (SSSR count). The van der Waals surface area contributed by atoms with Gasteiger partial charge in [0.1, 0.15) is 5.02 Å². The van der Waals surface area contributed by atoms with Gasteiger partial charge in [0.2, 0.25) is 5.91 Å². The summed E-state index contributed by atoms with van der Waals surface area (Å²) < 4.78 is 0. The van der Waals surface area contributed by atoms with Crippen molar-refractivity contribution in [3.8, 4) is 11.3 Å². The molecule has 0 saturated carbocycles. The van der Waals surface area contributed by atoms with Crippen molar-refractivity contribution in [2.45, 2.75) is 12.8 Å². The van der Waals surface area contributed by atoms with Gasteiger partial charge in [-0.15, -0.1) is 10.2 Å². The third-order valence-electron chi connectivity index (χ3n) is 5.32. The predicted octanol–water partition coefficient (Wildman–Crippen LogP) is 4.56. The highest BCUT2D eigenvalue weighted by atomic mass is 35.5. The van der Waals surface area contributed by atoms with Crippen molar-refractivity contribution >= 4 is 34.7 Å². The smallest absolute Gasteiger partial charge is 0.289 e. The molecule has 1 aliphatic heterocycles. The lowest BCUT2D eigenvalue weighted by atomic mass is 9.95. The molecule has 1 amide bonds. The van der Waals surface area contributed by atoms with Gasteiger partial charge in [0.25, 0.3) is 5.69 Å². The Bertz CT molecular complexity index is 1080. The van der Waals surface area contributed by atoms with E-state index in [0.29, 0.717) is 31.6 Å². The van der Waals surface area contributed by atoms with Crippen LogP contribution in [-0.2, 0) is 4.79 Å². The Hall–Kier alpha value is -3.52. The molecule has 0 aliphatic carbocycles. The van der Waals surface area contributed by atoms with Crippen LogP contribution in [0.3, 0.4) is 0 Å². The third-order valence-corrected chi connectivity index (χ3v) is 5.64. The van der Waals surface area contributed by atoms with E-state index in [1.54, 1.807) is 6.07 Å². The van der Waals surface area contributed by atoms with Crippen molar-refractivity contribution in [2.24, 2.45) is 5.92 Å². The number of nitrogens with zero attached hydrogens (tertiary/aromatic N) is 4. The molecular weight excluding hydrogens is 418 g/mol. The summed E-state index contributed by atoms with van der Waals surface area (Å²) in [6.45, 7) is 1.36. The van der Waals surface area contributed by atoms with Crippen LogP contribution in [0, 0.1) is 16.0 Å². The van der Waals surface area contributed by atoms with Crippen LogP contribution in [-0.4, -0.2) is 34.1 Å². The van der Waals surface area contributed by atoms with Crippen LogP contribution >= 0.6 is 11.6 Å². The monoisotopic (exact) mass is 437 g/mol. The number of halogens is 1. The maximum atomic E-state index is 12.6. The molecule has 0 unspecified atom stereocenters. The third kappa shape index (κ3) is 4.80. The number of rotatable bonds is 5. The molecule has 2 heterocycles. The molecule has 8 nitrogen and oxygen atoms in total. The number of carbonyl (C=O) groups is 1. The minimum absolute atomic E-state index is 0.0377. The van der Waals surface area contributed by atoms with Gasteiger partial charge in [-0.25, -0.2) is 0 Å². The number of hydrogen-bond donors (Lipinski definition) is 1. The number of nitro groups is 1. The van der Waals surface area contributed by atoms with Crippen molar-refractivity contribution < 1.29 is 9.72 Å². The zero-order valence-electron chi connectivity index (χ0n) is 16.6. The van der Waals surface area contributed by atoms with Gasteiger partial charge in [-0.1, -0.05) is 41.9 Å². The molecule has 1 aliphatic rings. The summed E-state index contributed by atoms with van der Waals surface area (Å²) in [5.74, 6) is 0.455. The largest absolute Gasteiger partial charge is 0.355 e. The van der Waals surface area contributed by atoms with E-state index in [9.17, 15) is 14.9 Å². The van der Waals surface area contributed by atoms with E-state index in [2.05, 4.69) is 20.4 Å². The lowest BCUT2D eigenvalue weighted by Gasteiger charge is -2.31. The van der Waals surface area contributed by atoms with E-state index in [-0.39, 0.29) is 22.5 Å². The van der Waals surface area contributed by atoms with Crippen LogP contribution in [0.5, 0.6) is 0 Å². The van der Waals surface area contributed by atoms with E-state index >= 15 is 0 Å². The quantitative estimate of drug-likeness (QED) is 0.463. The predicted molar refractivity (Wildman–Crippen MR) is 119 cm³/mol. The van der Waals surface area contributed by atoms with Crippen molar-refractivity contribution in [1.82, 2.24) is 10.2 Å². The van der Waals surface area contributed by atoms with Gasteiger partial charge in [0.05, 0.1) is 10.6 Å². The normalized spacial score (nSPS) is 14.3. The van der Waals surface area contributed by atoms with E-state index in [0.717, 1.165) is 17.1 Å². The molecule has 1 saturated heterocycles. The minimum Gasteiger partial charge on any atom is -0.355 e. The highest BCUT2D eigenvalue weighted by Crippen LogP contribution is 2.29. The average Bonchev–Trinajstić information content (AvgIpc) is 2.81. The Balaban J connectivity index is 1.35. The second-order valence-electron chi connectivity index (χ2n) is 7.32. The summed E-state index contributed by atoms with van der Waals surface area (Å²) in [4.78, 5) is 25.2. The zero-order chi connectivity index (χ0) is 21.8. The number of piperidine rings is 1. The first kappa shape index (κ1) is 20.7. The maximum Gasteiger partial charge on any atom is 0.289 e. The molecule has 1 aromatic heterocycles. The van der Waals surface area contributed by atoms with Crippen LogP contribution in [0.15, 0.2) is 60.7 Å². The fourth-order valence-corrected chi connectivity index (χ4v) is 3.79. The van der Waals surface area contributed by atoms with Gasteiger partial charge < -0.3 is 10.2 Å². The molecule has 0 bridgehead atoms. The van der Waals surface area contributed by atoms with Crippen LogP contribution in [0.1, 0.15) is 12.8 Å². The lowest BCUT2D eigenvalue weighted by molar-refractivity contribution is -0.384. The fraction of sp³-hybridized carbons (Fsp3) is 0.227. The summed E-state index contributed by atoms with van der Waals surface area (Å²) in [5, 5.41) is 22.5. The van der Waals surface area contributed by atoms with Crippen LogP contribution in [0.4, 0.5) is 17.2 Å². The van der Waals surface area contributed by atoms with E-state index < -0.39 is 4.92 Å². The number of nitrogens with one attached hydrogen (secondary N) is 1. The summed E-state index contributed by atoms with van der Waals surface area (Å²) in [6.07, 6.45) is 1.31. The number of carbonyl (C=O) groups excluding carboxylic acids is 1. The lowest BCUT2D eigenvalue weighted by Crippen LogP contribution is -2.38. The number of benzene rings is 2. The van der Waals surface area contributed by atoms with Crippen molar-refractivity contribution in [3.05, 3.63) is 75.8 Å². The second-order valence-corrected chi connectivity index (χ2v) is 7.72. The molecule has 1 fully saturated rings. The van der Waals surface area contributed by atoms with Crippen molar-refractivity contribution in [3.63, 3.8) is 0 Å². The van der Waals surface area contributed by atoms with Gasteiger partial charge in [-0.3, -0.25) is 14.9 Å². The number of hydrogen-bond acceptors (Lipinski definition) is 6. The minimum atomic E-state index is -0.569. The van der Waals surface area contributed by atoms with Gasteiger partial charge in [0, 0.05) is 36.3 Å². The number of anilines is 2. The van der Waals surface area contributed by atoms with Crippen molar-refractivity contribution in [2.75, 3.05) is 23.3 Å². The summed E-state index contributed by atoms with van der Waals surface area (Å²) in [6, 6.07) is 18.0. The zero-order valence-corrected chi connectivity index (χ0v) is 17.3. The molecule has 0 spiro atoms. The Morgan fingerprint density at radius 1 is 1.06 bits per heavy atom. The van der Waals surface area contributed by atoms with Crippen molar-refractivity contribution in [1.29, 1.82) is 0 Å². The highest BCUT2D eigenvalue weighted by molar-refractivity contribution is 6.32. The standard InChI is InChI=1S/C22H20ClN5O3/c23-18-7-6-17(14-20(18)28(30)31)24-22(29)16-10-12-27(13-11-16)21-9-8-19(25-26-21)15-4-2-1-3-5-15/h1-9,14,16H,10-13H2,(H,24,29). The summed E-state index contributed by atoms with van der Waals surface area (Å²) >= 11 is 5.82. The van der Waals surface area contributed by atoms with Gasteiger partial charge in [-0.05, 0) is 37.1 Å².